The molecule has 0 spiro atoms. The van der Waals surface area contributed by atoms with E-state index < -0.39 is 0 Å². The molecule has 3 rings (SSSR count). The third-order valence-electron chi connectivity index (χ3n) is 3.51. The largest absolute Gasteiger partial charge is 0.497 e. The molecule has 128 valence electrons. The smallest absolute Gasteiger partial charge is 0.322 e. The zero-order valence-electron chi connectivity index (χ0n) is 13.9. The minimum atomic E-state index is -0.244. The topological polar surface area (TPSA) is 86.5 Å². The highest BCUT2D eigenvalue weighted by atomic mass is 16.5. The van der Waals surface area contributed by atoms with E-state index in [1.807, 2.05) is 30.3 Å². The van der Waals surface area contributed by atoms with Gasteiger partial charge in [0.25, 0.3) is 0 Å². The van der Waals surface area contributed by atoms with Crippen molar-refractivity contribution in [2.24, 2.45) is 0 Å². The van der Waals surface area contributed by atoms with E-state index in [9.17, 15) is 4.79 Å². The summed E-state index contributed by atoms with van der Waals surface area (Å²) in [6, 6.07) is 14.5. The van der Waals surface area contributed by atoms with Crippen LogP contribution in [0.2, 0.25) is 0 Å². The van der Waals surface area contributed by atoms with E-state index in [1.165, 1.54) is 0 Å². The molecule has 25 heavy (non-hydrogen) atoms. The van der Waals surface area contributed by atoms with Gasteiger partial charge in [0, 0.05) is 5.56 Å². The molecule has 7 nitrogen and oxygen atoms in total. The molecule has 1 amide bonds. The third-order valence-corrected chi connectivity index (χ3v) is 3.51. The number of anilines is 1. The van der Waals surface area contributed by atoms with Gasteiger partial charge in [0.1, 0.15) is 11.5 Å². The Morgan fingerprint density at radius 3 is 2.52 bits per heavy atom. The summed E-state index contributed by atoms with van der Waals surface area (Å²) in [6.07, 6.45) is 0.195. The lowest BCUT2D eigenvalue weighted by atomic mass is 10.1. The Morgan fingerprint density at radius 2 is 1.80 bits per heavy atom. The van der Waals surface area contributed by atoms with Crippen LogP contribution in [-0.4, -0.2) is 30.3 Å². The minimum absolute atomic E-state index is 0.0522. The molecule has 1 N–H and O–H groups in total. The zero-order valence-corrected chi connectivity index (χ0v) is 13.9. The SMILES string of the molecule is COc1ccc(CC(=O)Nc2nnc(-c3cccc(OC)c3)o2)cc1. The minimum Gasteiger partial charge on any atom is -0.497 e. The molecular formula is C18H17N3O4. The molecule has 7 heteroatoms. The van der Waals surface area contributed by atoms with Crippen molar-refractivity contribution in [2.75, 3.05) is 19.5 Å². The maximum atomic E-state index is 12.1. The second-order valence-corrected chi connectivity index (χ2v) is 5.22. The Bertz CT molecular complexity index is 859. The van der Waals surface area contributed by atoms with Crippen molar-refractivity contribution in [3.8, 4) is 23.0 Å². The maximum Gasteiger partial charge on any atom is 0.322 e. The lowest BCUT2D eigenvalue weighted by Crippen LogP contribution is -2.14. The molecule has 0 aliphatic rings. The van der Waals surface area contributed by atoms with E-state index in [0.717, 1.165) is 11.3 Å². The fraction of sp³-hybridized carbons (Fsp3) is 0.167. The Kier molecular flexibility index (Phi) is 4.94. The van der Waals surface area contributed by atoms with E-state index in [1.54, 1.807) is 32.4 Å². The summed E-state index contributed by atoms with van der Waals surface area (Å²) in [5.41, 5.74) is 1.56. The van der Waals surface area contributed by atoms with Crippen molar-refractivity contribution in [3.63, 3.8) is 0 Å². The molecule has 3 aromatic rings. The summed E-state index contributed by atoms with van der Waals surface area (Å²) in [6.45, 7) is 0. The van der Waals surface area contributed by atoms with Gasteiger partial charge in [0.2, 0.25) is 11.8 Å². The van der Waals surface area contributed by atoms with Gasteiger partial charge in [-0.15, -0.1) is 5.10 Å². The second-order valence-electron chi connectivity index (χ2n) is 5.22. The van der Waals surface area contributed by atoms with Crippen LogP contribution in [0.15, 0.2) is 52.9 Å². The summed E-state index contributed by atoms with van der Waals surface area (Å²) >= 11 is 0. The summed E-state index contributed by atoms with van der Waals surface area (Å²) in [5.74, 6) is 1.48. The molecule has 0 atom stereocenters. The lowest BCUT2D eigenvalue weighted by Gasteiger charge is -2.03. The van der Waals surface area contributed by atoms with Gasteiger partial charge in [0.05, 0.1) is 20.6 Å². The van der Waals surface area contributed by atoms with Crippen LogP contribution in [0.3, 0.4) is 0 Å². The van der Waals surface area contributed by atoms with Crippen molar-refractivity contribution in [3.05, 3.63) is 54.1 Å². The van der Waals surface area contributed by atoms with Crippen LogP contribution in [0.25, 0.3) is 11.5 Å². The number of aromatic nitrogens is 2. The standard InChI is InChI=1S/C18H17N3O4/c1-23-14-8-6-12(7-9-14)10-16(22)19-18-21-20-17(25-18)13-4-3-5-15(11-13)24-2/h3-9,11H,10H2,1-2H3,(H,19,21,22). The van der Waals surface area contributed by atoms with Crippen LogP contribution in [0, 0.1) is 0 Å². The summed E-state index contributed by atoms with van der Waals surface area (Å²) in [7, 11) is 3.18. The fourth-order valence-electron chi connectivity index (χ4n) is 2.24. The molecule has 2 aromatic carbocycles. The predicted molar refractivity (Wildman–Crippen MR) is 91.6 cm³/mol. The highest BCUT2D eigenvalue weighted by Gasteiger charge is 2.12. The first kappa shape index (κ1) is 16.5. The third kappa shape index (κ3) is 4.14. The van der Waals surface area contributed by atoms with Gasteiger partial charge in [-0.1, -0.05) is 23.3 Å². The van der Waals surface area contributed by atoms with Gasteiger partial charge < -0.3 is 13.9 Å². The highest BCUT2D eigenvalue weighted by Crippen LogP contribution is 2.23. The number of carbonyl (C=O) groups excluding carboxylic acids is 1. The van der Waals surface area contributed by atoms with Crippen molar-refractivity contribution in [1.82, 2.24) is 10.2 Å². The number of carbonyl (C=O) groups is 1. The van der Waals surface area contributed by atoms with E-state index in [0.29, 0.717) is 17.2 Å². The molecule has 0 aliphatic heterocycles. The van der Waals surface area contributed by atoms with E-state index >= 15 is 0 Å². The summed E-state index contributed by atoms with van der Waals surface area (Å²) < 4.78 is 15.7. The van der Waals surface area contributed by atoms with Gasteiger partial charge in [-0.2, -0.15) is 0 Å². The van der Waals surface area contributed by atoms with E-state index in [4.69, 9.17) is 13.9 Å². The average Bonchev–Trinajstić information content (AvgIpc) is 3.10. The quantitative estimate of drug-likeness (QED) is 0.743. The zero-order chi connectivity index (χ0) is 17.6. The number of hydrogen-bond acceptors (Lipinski definition) is 6. The molecule has 1 aromatic heterocycles. The first-order valence-electron chi connectivity index (χ1n) is 7.58. The normalized spacial score (nSPS) is 10.3. The van der Waals surface area contributed by atoms with Crippen molar-refractivity contribution < 1.29 is 18.7 Å². The number of rotatable bonds is 6. The van der Waals surface area contributed by atoms with Crippen LogP contribution in [0.5, 0.6) is 11.5 Å². The van der Waals surface area contributed by atoms with Crippen LogP contribution < -0.4 is 14.8 Å². The van der Waals surface area contributed by atoms with Crippen LogP contribution in [0.1, 0.15) is 5.56 Å². The van der Waals surface area contributed by atoms with Gasteiger partial charge in [-0.05, 0) is 35.9 Å². The number of ether oxygens (including phenoxy) is 2. The van der Waals surface area contributed by atoms with Gasteiger partial charge in [0.15, 0.2) is 0 Å². The Balaban J connectivity index is 1.64. The monoisotopic (exact) mass is 339 g/mol. The Morgan fingerprint density at radius 1 is 1.04 bits per heavy atom. The molecule has 0 unspecified atom stereocenters. The predicted octanol–water partition coefficient (Wildman–Crippen LogP) is 2.94. The number of hydrogen-bond donors (Lipinski definition) is 1. The van der Waals surface area contributed by atoms with Crippen molar-refractivity contribution in [1.29, 1.82) is 0 Å². The Hall–Kier alpha value is -3.35. The molecule has 0 saturated heterocycles. The number of nitrogens with zero attached hydrogens (tertiary/aromatic N) is 2. The van der Waals surface area contributed by atoms with Crippen LogP contribution >= 0.6 is 0 Å². The number of nitrogens with one attached hydrogen (secondary N) is 1. The van der Waals surface area contributed by atoms with Crippen molar-refractivity contribution >= 4 is 11.9 Å². The van der Waals surface area contributed by atoms with Crippen LogP contribution in [0.4, 0.5) is 6.01 Å². The molecule has 0 saturated carbocycles. The maximum absolute atomic E-state index is 12.1. The molecule has 0 bridgehead atoms. The van der Waals surface area contributed by atoms with Crippen molar-refractivity contribution in [2.45, 2.75) is 6.42 Å². The molecule has 1 heterocycles. The van der Waals surface area contributed by atoms with Gasteiger partial charge in [-0.25, -0.2) is 0 Å². The number of benzene rings is 2. The molecular weight excluding hydrogens is 322 g/mol. The van der Waals surface area contributed by atoms with E-state index in [-0.39, 0.29) is 18.3 Å². The second kappa shape index (κ2) is 7.48. The number of amides is 1. The molecule has 0 radical (unpaired) electrons. The fourth-order valence-corrected chi connectivity index (χ4v) is 2.24. The van der Waals surface area contributed by atoms with Gasteiger partial charge >= 0.3 is 6.01 Å². The summed E-state index contributed by atoms with van der Waals surface area (Å²) in [4.78, 5) is 12.1. The molecule has 0 aliphatic carbocycles. The number of methoxy groups -OCH3 is 2. The average molecular weight is 339 g/mol. The first-order valence-corrected chi connectivity index (χ1v) is 7.58. The highest BCUT2D eigenvalue weighted by molar-refractivity contribution is 5.90. The van der Waals surface area contributed by atoms with Gasteiger partial charge in [-0.3, -0.25) is 10.1 Å². The first-order chi connectivity index (χ1) is 12.2. The molecule has 0 fully saturated rings. The summed E-state index contributed by atoms with van der Waals surface area (Å²) in [5, 5.41) is 10.4. The Labute approximate surface area is 144 Å². The van der Waals surface area contributed by atoms with Crippen LogP contribution in [-0.2, 0) is 11.2 Å². The lowest BCUT2D eigenvalue weighted by molar-refractivity contribution is -0.115. The van der Waals surface area contributed by atoms with E-state index in [2.05, 4.69) is 15.5 Å².